The number of ether oxygens (including phenoxy) is 1. The summed E-state index contributed by atoms with van der Waals surface area (Å²) < 4.78 is 6.91. The van der Waals surface area contributed by atoms with Gasteiger partial charge >= 0.3 is 0 Å². The van der Waals surface area contributed by atoms with E-state index in [4.69, 9.17) is 16.3 Å². The SMILES string of the molecule is COc1ccc([C@H]2CC(=O)Nc3c2ncn3-c2ccc(Cl)cc2)cc1O. The van der Waals surface area contributed by atoms with Crippen molar-refractivity contribution in [2.45, 2.75) is 12.3 Å². The van der Waals surface area contributed by atoms with Gasteiger partial charge in [0.1, 0.15) is 12.1 Å². The molecule has 1 aromatic heterocycles. The Bertz CT molecular complexity index is 982. The molecule has 7 heteroatoms. The molecule has 6 nitrogen and oxygen atoms in total. The number of benzene rings is 2. The highest BCUT2D eigenvalue weighted by molar-refractivity contribution is 6.30. The molecule has 0 spiro atoms. The lowest BCUT2D eigenvalue weighted by molar-refractivity contribution is -0.116. The van der Waals surface area contributed by atoms with Crippen molar-refractivity contribution in [3.05, 3.63) is 65.1 Å². The average molecular weight is 370 g/mol. The first-order valence-corrected chi connectivity index (χ1v) is 8.44. The van der Waals surface area contributed by atoms with E-state index in [0.29, 0.717) is 16.6 Å². The fraction of sp³-hybridized carbons (Fsp3) is 0.158. The smallest absolute Gasteiger partial charge is 0.226 e. The fourth-order valence-corrected chi connectivity index (χ4v) is 3.33. The highest BCUT2D eigenvalue weighted by atomic mass is 35.5. The number of aromatic nitrogens is 2. The van der Waals surface area contributed by atoms with Gasteiger partial charge in [0.05, 0.1) is 12.8 Å². The van der Waals surface area contributed by atoms with Crippen LogP contribution in [0.4, 0.5) is 5.82 Å². The largest absolute Gasteiger partial charge is 0.504 e. The molecule has 0 aliphatic carbocycles. The predicted molar refractivity (Wildman–Crippen MR) is 98.3 cm³/mol. The van der Waals surface area contributed by atoms with Gasteiger partial charge < -0.3 is 15.2 Å². The zero-order valence-corrected chi connectivity index (χ0v) is 14.7. The Hall–Kier alpha value is -2.99. The number of nitrogens with one attached hydrogen (secondary N) is 1. The van der Waals surface area contributed by atoms with Crippen LogP contribution in [0.15, 0.2) is 48.8 Å². The Morgan fingerprint density at radius 2 is 2.04 bits per heavy atom. The minimum absolute atomic E-state index is 0.0367. The van der Waals surface area contributed by atoms with E-state index < -0.39 is 0 Å². The van der Waals surface area contributed by atoms with E-state index in [2.05, 4.69) is 10.3 Å². The summed E-state index contributed by atoms with van der Waals surface area (Å²) in [5, 5.41) is 13.6. The number of phenols is 1. The molecule has 1 aliphatic heterocycles. The number of imidazole rings is 1. The van der Waals surface area contributed by atoms with Gasteiger partial charge in [0, 0.05) is 23.0 Å². The van der Waals surface area contributed by atoms with Crippen molar-refractivity contribution in [1.29, 1.82) is 0 Å². The maximum atomic E-state index is 12.3. The van der Waals surface area contributed by atoms with Crippen LogP contribution < -0.4 is 10.1 Å². The molecule has 132 valence electrons. The summed E-state index contributed by atoms with van der Waals surface area (Å²) in [5.74, 6) is 0.706. The maximum Gasteiger partial charge on any atom is 0.226 e. The molecule has 0 unspecified atom stereocenters. The molecular weight excluding hydrogens is 354 g/mol. The number of phenolic OH excluding ortho intramolecular Hbond substituents is 1. The quantitative estimate of drug-likeness (QED) is 0.737. The number of halogens is 1. The van der Waals surface area contributed by atoms with Crippen LogP contribution in [0, 0.1) is 0 Å². The number of nitrogens with zero attached hydrogens (tertiary/aromatic N) is 2. The van der Waals surface area contributed by atoms with E-state index in [1.165, 1.54) is 7.11 Å². The predicted octanol–water partition coefficient (Wildman–Crippen LogP) is 3.71. The van der Waals surface area contributed by atoms with Gasteiger partial charge in [-0.3, -0.25) is 9.36 Å². The molecule has 0 radical (unpaired) electrons. The minimum atomic E-state index is -0.246. The molecule has 1 amide bonds. The zero-order valence-electron chi connectivity index (χ0n) is 13.9. The fourth-order valence-electron chi connectivity index (χ4n) is 3.20. The van der Waals surface area contributed by atoms with E-state index in [-0.39, 0.29) is 24.0 Å². The van der Waals surface area contributed by atoms with Crippen molar-refractivity contribution in [3.63, 3.8) is 0 Å². The highest BCUT2D eigenvalue weighted by Gasteiger charge is 2.31. The number of aromatic hydroxyl groups is 1. The van der Waals surface area contributed by atoms with Gasteiger partial charge in [-0.15, -0.1) is 0 Å². The van der Waals surface area contributed by atoms with Gasteiger partial charge in [-0.25, -0.2) is 4.98 Å². The molecule has 2 aromatic carbocycles. The van der Waals surface area contributed by atoms with Crippen LogP contribution >= 0.6 is 11.6 Å². The molecule has 2 heterocycles. The van der Waals surface area contributed by atoms with Gasteiger partial charge in [-0.05, 0) is 42.0 Å². The summed E-state index contributed by atoms with van der Waals surface area (Å²) in [5.41, 5.74) is 2.41. The first-order chi connectivity index (χ1) is 12.6. The summed E-state index contributed by atoms with van der Waals surface area (Å²) in [6, 6.07) is 12.4. The minimum Gasteiger partial charge on any atom is -0.504 e. The number of hydrogen-bond acceptors (Lipinski definition) is 4. The van der Waals surface area contributed by atoms with Crippen LogP contribution in [0.3, 0.4) is 0 Å². The summed E-state index contributed by atoms with van der Waals surface area (Å²) in [6.07, 6.45) is 1.94. The second kappa shape index (κ2) is 6.38. The van der Waals surface area contributed by atoms with Crippen LogP contribution in [-0.2, 0) is 4.79 Å². The Kier molecular flexibility index (Phi) is 4.05. The van der Waals surface area contributed by atoms with Crippen molar-refractivity contribution in [2.24, 2.45) is 0 Å². The van der Waals surface area contributed by atoms with Gasteiger partial charge in [0.25, 0.3) is 0 Å². The van der Waals surface area contributed by atoms with Crippen LogP contribution in [-0.4, -0.2) is 27.7 Å². The standard InChI is InChI=1S/C19H16ClN3O3/c1-26-16-7-2-11(8-15(16)24)14-9-17(25)22-19-18(14)21-10-23(19)13-5-3-12(20)4-6-13/h2-8,10,14,24H,9H2,1H3,(H,22,25)/t14-/m1/s1. The van der Waals surface area contributed by atoms with Crippen molar-refractivity contribution < 1.29 is 14.6 Å². The number of fused-ring (bicyclic) bond motifs is 1. The first-order valence-electron chi connectivity index (χ1n) is 8.06. The lowest BCUT2D eigenvalue weighted by atomic mass is 9.89. The van der Waals surface area contributed by atoms with Crippen molar-refractivity contribution in [1.82, 2.24) is 9.55 Å². The molecule has 2 N–H and O–H groups in total. The summed E-state index contributed by atoms with van der Waals surface area (Å²) in [4.78, 5) is 16.8. The third kappa shape index (κ3) is 2.78. The van der Waals surface area contributed by atoms with E-state index in [0.717, 1.165) is 16.9 Å². The van der Waals surface area contributed by atoms with Crippen molar-refractivity contribution >= 4 is 23.3 Å². The molecule has 3 aromatic rings. The monoisotopic (exact) mass is 369 g/mol. The summed E-state index contributed by atoms with van der Waals surface area (Å²) in [7, 11) is 1.49. The number of carbonyl (C=O) groups is 1. The van der Waals surface area contributed by atoms with Gasteiger partial charge in [-0.1, -0.05) is 17.7 Å². The summed E-state index contributed by atoms with van der Waals surface area (Å²) in [6.45, 7) is 0. The normalized spacial score (nSPS) is 16.1. The molecule has 1 aliphatic rings. The second-order valence-corrected chi connectivity index (χ2v) is 6.50. The molecule has 0 saturated heterocycles. The Balaban J connectivity index is 1.78. The van der Waals surface area contributed by atoms with Gasteiger partial charge in [0.2, 0.25) is 5.91 Å². The first kappa shape index (κ1) is 16.5. The lowest BCUT2D eigenvalue weighted by Crippen LogP contribution is -2.24. The molecule has 1 atom stereocenters. The molecular formula is C19H16ClN3O3. The van der Waals surface area contributed by atoms with Crippen LogP contribution in [0.5, 0.6) is 11.5 Å². The van der Waals surface area contributed by atoms with E-state index >= 15 is 0 Å². The Morgan fingerprint density at radius 1 is 1.27 bits per heavy atom. The third-order valence-electron chi connectivity index (χ3n) is 4.48. The number of rotatable bonds is 3. The number of amides is 1. The van der Waals surface area contributed by atoms with Gasteiger partial charge in [-0.2, -0.15) is 0 Å². The number of carbonyl (C=O) groups excluding carboxylic acids is 1. The average Bonchev–Trinajstić information content (AvgIpc) is 3.05. The second-order valence-electron chi connectivity index (χ2n) is 6.06. The van der Waals surface area contributed by atoms with E-state index in [9.17, 15) is 9.90 Å². The summed E-state index contributed by atoms with van der Waals surface area (Å²) >= 11 is 5.95. The molecule has 0 bridgehead atoms. The van der Waals surface area contributed by atoms with Gasteiger partial charge in [0.15, 0.2) is 11.5 Å². The molecule has 4 rings (SSSR count). The third-order valence-corrected chi connectivity index (χ3v) is 4.74. The molecule has 26 heavy (non-hydrogen) atoms. The lowest BCUT2D eigenvalue weighted by Gasteiger charge is -2.23. The number of methoxy groups -OCH3 is 1. The number of hydrogen-bond donors (Lipinski definition) is 2. The van der Waals surface area contributed by atoms with Crippen LogP contribution in [0.1, 0.15) is 23.6 Å². The maximum absolute atomic E-state index is 12.3. The van der Waals surface area contributed by atoms with Crippen molar-refractivity contribution in [2.75, 3.05) is 12.4 Å². The Morgan fingerprint density at radius 3 is 2.73 bits per heavy atom. The number of anilines is 1. The Labute approximate surface area is 155 Å². The molecule has 0 fully saturated rings. The van der Waals surface area contributed by atoms with E-state index in [1.54, 1.807) is 30.6 Å². The zero-order chi connectivity index (χ0) is 18.3. The van der Waals surface area contributed by atoms with E-state index in [1.807, 2.05) is 22.8 Å². The van der Waals surface area contributed by atoms with Crippen molar-refractivity contribution in [3.8, 4) is 17.2 Å². The van der Waals surface area contributed by atoms with Crippen LogP contribution in [0.25, 0.3) is 5.69 Å². The highest BCUT2D eigenvalue weighted by Crippen LogP contribution is 2.39. The molecule has 0 saturated carbocycles. The topological polar surface area (TPSA) is 76.4 Å². The van der Waals surface area contributed by atoms with Crippen LogP contribution in [0.2, 0.25) is 5.02 Å².